The summed E-state index contributed by atoms with van der Waals surface area (Å²) < 4.78 is 5.18. The van der Waals surface area contributed by atoms with E-state index in [0.717, 1.165) is 50.4 Å². The number of amides is 1. The smallest absolute Gasteiger partial charge is 0.227 e. The number of rotatable bonds is 4. The van der Waals surface area contributed by atoms with Crippen molar-refractivity contribution in [2.45, 2.75) is 25.7 Å². The molecule has 3 heterocycles. The average molecular weight is 352 g/mol. The van der Waals surface area contributed by atoms with Crippen molar-refractivity contribution in [3.05, 3.63) is 42.2 Å². The van der Waals surface area contributed by atoms with Gasteiger partial charge in [-0.2, -0.15) is 0 Å². The van der Waals surface area contributed by atoms with E-state index in [0.29, 0.717) is 18.2 Å². The largest absolute Gasteiger partial charge is 0.481 e. The first-order chi connectivity index (χ1) is 12.7. The molecule has 2 aliphatic heterocycles. The van der Waals surface area contributed by atoms with Crippen molar-refractivity contribution >= 4 is 17.4 Å². The second-order valence-corrected chi connectivity index (χ2v) is 6.98. The number of hydrogen-bond donors (Lipinski definition) is 0. The van der Waals surface area contributed by atoms with Gasteiger partial charge in [-0.1, -0.05) is 18.2 Å². The van der Waals surface area contributed by atoms with Gasteiger partial charge in [0.15, 0.2) is 0 Å². The molecule has 0 N–H and O–H groups in total. The molecule has 136 valence electrons. The van der Waals surface area contributed by atoms with E-state index in [9.17, 15) is 4.79 Å². The third-order valence-corrected chi connectivity index (χ3v) is 5.43. The lowest BCUT2D eigenvalue weighted by Gasteiger charge is -2.33. The van der Waals surface area contributed by atoms with Crippen LogP contribution in [0.25, 0.3) is 0 Å². The highest BCUT2D eigenvalue weighted by Crippen LogP contribution is 2.30. The zero-order chi connectivity index (χ0) is 17.9. The zero-order valence-corrected chi connectivity index (χ0v) is 15.1. The van der Waals surface area contributed by atoms with Crippen LogP contribution in [0.4, 0.5) is 11.5 Å². The first-order valence-corrected chi connectivity index (χ1v) is 9.24. The fourth-order valence-electron chi connectivity index (χ4n) is 3.94. The maximum atomic E-state index is 12.8. The number of nitrogens with zero attached hydrogens (tertiary/aromatic N) is 4. The molecule has 0 radical (unpaired) electrons. The van der Waals surface area contributed by atoms with Crippen LogP contribution in [0.2, 0.25) is 0 Å². The van der Waals surface area contributed by atoms with Crippen molar-refractivity contribution in [2.24, 2.45) is 5.92 Å². The van der Waals surface area contributed by atoms with E-state index in [-0.39, 0.29) is 5.91 Å². The number of piperidine rings is 1. The van der Waals surface area contributed by atoms with Gasteiger partial charge in [0.2, 0.25) is 11.8 Å². The average Bonchev–Trinajstić information content (AvgIpc) is 3.13. The fraction of sp³-hybridized carbons (Fsp3) is 0.450. The lowest BCUT2D eigenvalue weighted by Crippen LogP contribution is -2.37. The van der Waals surface area contributed by atoms with Gasteiger partial charge in [-0.05, 0) is 36.8 Å². The number of carbonyl (C=O) groups is 1. The molecule has 0 spiro atoms. The number of benzene rings is 1. The van der Waals surface area contributed by atoms with Gasteiger partial charge in [0, 0.05) is 37.8 Å². The van der Waals surface area contributed by atoms with Gasteiger partial charge in [-0.25, -0.2) is 9.97 Å². The lowest BCUT2D eigenvalue weighted by molar-refractivity contribution is -0.119. The minimum atomic E-state index is 0.261. The maximum absolute atomic E-state index is 12.8. The predicted molar refractivity (Wildman–Crippen MR) is 101 cm³/mol. The van der Waals surface area contributed by atoms with Crippen LogP contribution >= 0.6 is 0 Å². The highest BCUT2D eigenvalue weighted by Gasteiger charge is 2.28. The number of ether oxygens (including phenoxy) is 1. The highest BCUT2D eigenvalue weighted by molar-refractivity contribution is 5.95. The van der Waals surface area contributed by atoms with Crippen molar-refractivity contribution < 1.29 is 9.53 Å². The Labute approximate surface area is 153 Å². The summed E-state index contributed by atoms with van der Waals surface area (Å²) in [7, 11) is 1.61. The molecular formula is C20H24N4O2. The Morgan fingerprint density at radius 2 is 2.00 bits per heavy atom. The number of aromatic nitrogens is 2. The van der Waals surface area contributed by atoms with Crippen molar-refractivity contribution in [3.63, 3.8) is 0 Å². The summed E-state index contributed by atoms with van der Waals surface area (Å²) in [6, 6.07) is 10.1. The molecule has 6 heteroatoms. The monoisotopic (exact) mass is 352 g/mol. The normalized spacial score (nSPS) is 17.3. The molecule has 2 aromatic rings. The fourth-order valence-corrected chi connectivity index (χ4v) is 3.94. The van der Waals surface area contributed by atoms with Gasteiger partial charge in [0.25, 0.3) is 0 Å². The summed E-state index contributed by atoms with van der Waals surface area (Å²) in [6.07, 6.45) is 5.15. The van der Waals surface area contributed by atoms with E-state index in [1.807, 2.05) is 23.1 Å². The Morgan fingerprint density at radius 3 is 2.81 bits per heavy atom. The van der Waals surface area contributed by atoms with Crippen LogP contribution in [0.5, 0.6) is 5.88 Å². The second kappa shape index (κ2) is 7.32. The first kappa shape index (κ1) is 16.8. The summed E-state index contributed by atoms with van der Waals surface area (Å²) in [5.41, 5.74) is 2.39. The van der Waals surface area contributed by atoms with Crippen molar-refractivity contribution in [2.75, 3.05) is 36.5 Å². The van der Waals surface area contributed by atoms with Crippen molar-refractivity contribution in [1.29, 1.82) is 0 Å². The predicted octanol–water partition coefficient (Wildman–Crippen LogP) is 2.68. The lowest BCUT2D eigenvalue weighted by atomic mass is 9.93. The van der Waals surface area contributed by atoms with E-state index in [4.69, 9.17) is 4.74 Å². The van der Waals surface area contributed by atoms with Gasteiger partial charge < -0.3 is 14.5 Å². The SMILES string of the molecule is COc1cc(N2CCC(CC(=O)N3CCc4ccccc43)CC2)ncn1. The Bertz CT molecular complexity index is 787. The van der Waals surface area contributed by atoms with E-state index >= 15 is 0 Å². The molecule has 0 aliphatic carbocycles. The molecule has 26 heavy (non-hydrogen) atoms. The molecule has 6 nitrogen and oxygen atoms in total. The molecule has 0 unspecified atom stereocenters. The number of methoxy groups -OCH3 is 1. The molecule has 4 rings (SSSR count). The third kappa shape index (κ3) is 3.36. The second-order valence-electron chi connectivity index (χ2n) is 6.98. The minimum Gasteiger partial charge on any atom is -0.481 e. The van der Waals surface area contributed by atoms with Crippen LogP contribution in [-0.2, 0) is 11.2 Å². The van der Waals surface area contributed by atoms with Gasteiger partial charge in [-0.3, -0.25) is 4.79 Å². The van der Waals surface area contributed by atoms with Crippen LogP contribution in [0, 0.1) is 5.92 Å². The van der Waals surface area contributed by atoms with Gasteiger partial charge >= 0.3 is 0 Å². The minimum absolute atomic E-state index is 0.261. The van der Waals surface area contributed by atoms with Crippen molar-refractivity contribution in [3.8, 4) is 5.88 Å². The standard InChI is InChI=1S/C20H24N4O2/c1-26-19-13-18(21-14-22-19)23-9-6-15(7-10-23)12-20(25)24-11-8-16-4-2-3-5-17(16)24/h2-5,13-15H,6-12H2,1H3. The number of para-hydroxylation sites is 1. The first-order valence-electron chi connectivity index (χ1n) is 9.24. The Balaban J connectivity index is 1.33. The number of hydrogen-bond acceptors (Lipinski definition) is 5. The summed E-state index contributed by atoms with van der Waals surface area (Å²) >= 11 is 0. The molecule has 0 bridgehead atoms. The Kier molecular flexibility index (Phi) is 4.73. The molecule has 1 fully saturated rings. The zero-order valence-electron chi connectivity index (χ0n) is 15.1. The van der Waals surface area contributed by atoms with Crippen LogP contribution in [0.3, 0.4) is 0 Å². The molecule has 2 aliphatic rings. The molecule has 1 aromatic heterocycles. The van der Waals surface area contributed by atoms with Gasteiger partial charge in [-0.15, -0.1) is 0 Å². The van der Waals surface area contributed by atoms with E-state index < -0.39 is 0 Å². The van der Waals surface area contributed by atoms with E-state index in [1.165, 1.54) is 11.9 Å². The van der Waals surface area contributed by atoms with Crippen LogP contribution in [0.1, 0.15) is 24.8 Å². The summed E-state index contributed by atoms with van der Waals surface area (Å²) in [5, 5.41) is 0. The molecular weight excluding hydrogens is 328 g/mol. The van der Waals surface area contributed by atoms with Crippen LogP contribution < -0.4 is 14.5 Å². The number of anilines is 2. The summed E-state index contributed by atoms with van der Waals surface area (Å²) in [4.78, 5) is 25.4. The van der Waals surface area contributed by atoms with Crippen molar-refractivity contribution in [1.82, 2.24) is 9.97 Å². The van der Waals surface area contributed by atoms with Crippen LogP contribution in [0.15, 0.2) is 36.7 Å². The Hall–Kier alpha value is -2.63. The summed E-state index contributed by atoms with van der Waals surface area (Å²) in [6.45, 7) is 2.64. The van der Waals surface area contributed by atoms with E-state index in [1.54, 1.807) is 7.11 Å². The Morgan fingerprint density at radius 1 is 1.19 bits per heavy atom. The maximum Gasteiger partial charge on any atom is 0.227 e. The summed E-state index contributed by atoms with van der Waals surface area (Å²) in [5.74, 6) is 2.18. The molecule has 1 aromatic carbocycles. The van der Waals surface area contributed by atoms with Gasteiger partial charge in [0.05, 0.1) is 7.11 Å². The quantitative estimate of drug-likeness (QED) is 0.847. The molecule has 0 saturated carbocycles. The molecule has 1 amide bonds. The van der Waals surface area contributed by atoms with Crippen LogP contribution in [-0.4, -0.2) is 42.6 Å². The molecule has 1 saturated heterocycles. The number of carbonyl (C=O) groups excluding carboxylic acids is 1. The number of fused-ring (bicyclic) bond motifs is 1. The van der Waals surface area contributed by atoms with Gasteiger partial charge in [0.1, 0.15) is 12.1 Å². The third-order valence-electron chi connectivity index (χ3n) is 5.43. The highest BCUT2D eigenvalue weighted by atomic mass is 16.5. The molecule has 0 atom stereocenters. The van der Waals surface area contributed by atoms with E-state index in [2.05, 4.69) is 27.0 Å². The topological polar surface area (TPSA) is 58.6 Å².